The van der Waals surface area contributed by atoms with Gasteiger partial charge in [0.05, 0.1) is 24.8 Å². The Labute approximate surface area is 177 Å². The number of hydrogen-bond acceptors (Lipinski definition) is 4. The number of carbonyl (C=O) groups is 2. The van der Waals surface area contributed by atoms with E-state index in [1.165, 1.54) is 18.4 Å². The van der Waals surface area contributed by atoms with Crippen LogP contribution in [-0.4, -0.2) is 30.9 Å². The van der Waals surface area contributed by atoms with E-state index in [9.17, 15) is 9.59 Å². The molecule has 2 aromatic carbocycles. The highest BCUT2D eigenvalue weighted by atomic mass is 35.5. The topological polar surface area (TPSA) is 58.6 Å². The molecule has 0 unspecified atom stereocenters. The predicted molar refractivity (Wildman–Crippen MR) is 115 cm³/mol. The van der Waals surface area contributed by atoms with Crippen LogP contribution in [0.25, 0.3) is 0 Å². The summed E-state index contributed by atoms with van der Waals surface area (Å²) in [6.45, 7) is 0. The molecule has 5 nitrogen and oxygen atoms in total. The molecule has 0 saturated heterocycles. The number of rotatable bonds is 4. The fraction of sp³-hybridized carbons (Fsp3) is 0.182. The summed E-state index contributed by atoms with van der Waals surface area (Å²) >= 11 is 7.65. The van der Waals surface area contributed by atoms with Crippen molar-refractivity contribution in [3.63, 3.8) is 0 Å². The van der Waals surface area contributed by atoms with Crippen LogP contribution in [0.4, 0.5) is 5.69 Å². The summed E-state index contributed by atoms with van der Waals surface area (Å²) in [4.78, 5) is 29.1. The molecule has 3 aromatic rings. The van der Waals surface area contributed by atoms with E-state index in [2.05, 4.69) is 5.32 Å². The smallest absolute Gasteiger partial charge is 0.254 e. The molecule has 1 aromatic heterocycles. The van der Waals surface area contributed by atoms with E-state index in [4.69, 9.17) is 16.3 Å². The quantitative estimate of drug-likeness (QED) is 0.641. The third kappa shape index (κ3) is 3.50. The van der Waals surface area contributed by atoms with Crippen LogP contribution in [0.2, 0.25) is 5.02 Å². The minimum absolute atomic E-state index is 0.0941. The average molecular weight is 427 g/mol. The van der Waals surface area contributed by atoms with Crippen LogP contribution in [0.3, 0.4) is 0 Å². The van der Waals surface area contributed by atoms with Crippen LogP contribution in [0, 0.1) is 0 Å². The van der Waals surface area contributed by atoms with E-state index < -0.39 is 12.0 Å². The molecule has 0 spiro atoms. The van der Waals surface area contributed by atoms with Crippen molar-refractivity contribution in [2.24, 2.45) is 0 Å². The fourth-order valence-electron chi connectivity index (χ4n) is 3.76. The van der Waals surface area contributed by atoms with Crippen LogP contribution in [0.5, 0.6) is 5.75 Å². The van der Waals surface area contributed by atoms with Gasteiger partial charge in [-0.15, -0.1) is 11.3 Å². The first-order chi connectivity index (χ1) is 14.0. The molecule has 0 aliphatic carbocycles. The first kappa shape index (κ1) is 19.5. The van der Waals surface area contributed by atoms with Gasteiger partial charge in [0.1, 0.15) is 5.75 Å². The van der Waals surface area contributed by atoms with Gasteiger partial charge in [-0.1, -0.05) is 35.9 Å². The van der Waals surface area contributed by atoms with Crippen LogP contribution in [0.1, 0.15) is 32.8 Å². The number of likely N-dealkylation sites (N-methyl/N-ethyl adjacent to an activating group) is 1. The third-order valence-electron chi connectivity index (χ3n) is 5.12. The maximum atomic E-state index is 13.5. The van der Waals surface area contributed by atoms with Crippen molar-refractivity contribution in [1.82, 2.24) is 4.90 Å². The number of thiophene rings is 1. The number of benzene rings is 2. The number of anilines is 1. The Bertz CT molecular complexity index is 1070. The first-order valence-corrected chi connectivity index (χ1v) is 10.3. The molecule has 1 aliphatic rings. The summed E-state index contributed by atoms with van der Waals surface area (Å²) in [5.74, 6) is -0.376. The standard InChI is InChI=1S/C22H19ClN2O3S/c1-25-20(18-8-5-11-29-18)19(14-6-3-4-7-15(14)22(25)27)21(26)24-16-12-13(23)9-10-17(16)28-2/h3-12,19-20H,1-2H3,(H,24,26)/t19-,20+/m0/s1. The molecule has 0 saturated carbocycles. The molecule has 0 radical (unpaired) electrons. The summed E-state index contributed by atoms with van der Waals surface area (Å²) in [6.07, 6.45) is 0. The van der Waals surface area contributed by atoms with Gasteiger partial charge in [0.2, 0.25) is 5.91 Å². The van der Waals surface area contributed by atoms with Gasteiger partial charge in [0.15, 0.2) is 0 Å². The van der Waals surface area contributed by atoms with E-state index in [-0.39, 0.29) is 11.8 Å². The minimum Gasteiger partial charge on any atom is -0.495 e. The van der Waals surface area contributed by atoms with Crippen molar-refractivity contribution in [1.29, 1.82) is 0 Å². The van der Waals surface area contributed by atoms with Crippen molar-refractivity contribution >= 4 is 40.4 Å². The Morgan fingerprint density at radius 3 is 2.69 bits per heavy atom. The van der Waals surface area contributed by atoms with Crippen molar-refractivity contribution in [3.05, 3.63) is 81.0 Å². The van der Waals surface area contributed by atoms with Gasteiger partial charge in [-0.2, -0.15) is 0 Å². The van der Waals surface area contributed by atoms with Crippen LogP contribution >= 0.6 is 22.9 Å². The van der Waals surface area contributed by atoms with Gasteiger partial charge < -0.3 is 15.0 Å². The van der Waals surface area contributed by atoms with Gasteiger partial charge in [0, 0.05) is 22.5 Å². The number of nitrogens with one attached hydrogen (secondary N) is 1. The lowest BCUT2D eigenvalue weighted by molar-refractivity contribution is -0.119. The van der Waals surface area contributed by atoms with Crippen molar-refractivity contribution in [2.75, 3.05) is 19.5 Å². The van der Waals surface area contributed by atoms with E-state index >= 15 is 0 Å². The largest absolute Gasteiger partial charge is 0.495 e. The van der Waals surface area contributed by atoms with Crippen molar-refractivity contribution < 1.29 is 14.3 Å². The highest BCUT2D eigenvalue weighted by Gasteiger charge is 2.43. The zero-order valence-electron chi connectivity index (χ0n) is 15.9. The Morgan fingerprint density at radius 1 is 1.17 bits per heavy atom. The zero-order valence-corrected chi connectivity index (χ0v) is 17.5. The average Bonchev–Trinajstić information content (AvgIpc) is 3.25. The maximum Gasteiger partial charge on any atom is 0.254 e. The van der Waals surface area contributed by atoms with Gasteiger partial charge >= 0.3 is 0 Å². The lowest BCUT2D eigenvalue weighted by Gasteiger charge is -2.39. The molecular formula is C22H19ClN2O3S. The number of methoxy groups -OCH3 is 1. The Morgan fingerprint density at radius 2 is 1.97 bits per heavy atom. The molecule has 2 atom stereocenters. The molecule has 0 fully saturated rings. The number of carbonyl (C=O) groups excluding carboxylic acids is 2. The fourth-order valence-corrected chi connectivity index (χ4v) is 4.84. The lowest BCUT2D eigenvalue weighted by Crippen LogP contribution is -2.43. The molecule has 2 amide bonds. The number of nitrogens with zero attached hydrogens (tertiary/aromatic N) is 1. The molecular weight excluding hydrogens is 408 g/mol. The number of fused-ring (bicyclic) bond motifs is 1. The second kappa shape index (κ2) is 7.89. The number of ether oxygens (including phenoxy) is 1. The highest BCUT2D eigenvalue weighted by Crippen LogP contribution is 2.44. The molecule has 0 bridgehead atoms. The minimum atomic E-state index is -0.573. The van der Waals surface area contributed by atoms with Crippen LogP contribution in [0.15, 0.2) is 60.0 Å². The van der Waals surface area contributed by atoms with Gasteiger partial charge in [-0.25, -0.2) is 0 Å². The predicted octanol–water partition coefficient (Wildman–Crippen LogP) is 4.96. The molecule has 29 heavy (non-hydrogen) atoms. The molecule has 4 rings (SSSR count). The van der Waals surface area contributed by atoms with Crippen molar-refractivity contribution in [3.8, 4) is 5.75 Å². The highest BCUT2D eigenvalue weighted by molar-refractivity contribution is 7.10. The van der Waals surface area contributed by atoms with Gasteiger partial charge in [0.25, 0.3) is 5.91 Å². The summed E-state index contributed by atoms with van der Waals surface area (Å²) < 4.78 is 5.36. The van der Waals surface area contributed by atoms with Gasteiger partial charge in [-0.05, 0) is 41.3 Å². The molecule has 1 aliphatic heterocycles. The van der Waals surface area contributed by atoms with Crippen LogP contribution < -0.4 is 10.1 Å². The number of halogens is 1. The Kier molecular flexibility index (Phi) is 5.30. The third-order valence-corrected chi connectivity index (χ3v) is 6.29. The molecule has 7 heteroatoms. The maximum absolute atomic E-state index is 13.5. The summed E-state index contributed by atoms with van der Waals surface area (Å²) in [7, 11) is 3.28. The zero-order chi connectivity index (χ0) is 20.5. The Hall–Kier alpha value is -2.83. The van der Waals surface area contributed by atoms with Crippen LogP contribution in [-0.2, 0) is 4.79 Å². The summed E-state index contributed by atoms with van der Waals surface area (Å²) in [5, 5.41) is 5.40. The summed E-state index contributed by atoms with van der Waals surface area (Å²) in [6, 6.07) is 15.8. The molecule has 1 N–H and O–H groups in total. The van der Waals surface area contributed by atoms with E-state index in [0.29, 0.717) is 27.6 Å². The van der Waals surface area contributed by atoms with E-state index in [1.807, 2.05) is 35.7 Å². The normalized spacial score (nSPS) is 18.3. The monoisotopic (exact) mass is 426 g/mol. The summed E-state index contributed by atoms with van der Waals surface area (Å²) in [5.41, 5.74) is 1.75. The van der Waals surface area contributed by atoms with E-state index in [0.717, 1.165) is 4.88 Å². The van der Waals surface area contributed by atoms with Crippen molar-refractivity contribution in [2.45, 2.75) is 12.0 Å². The lowest BCUT2D eigenvalue weighted by atomic mass is 9.81. The second-order valence-corrected chi connectivity index (χ2v) is 8.19. The SMILES string of the molecule is COc1ccc(Cl)cc1NC(=O)[C@H]1c2ccccc2C(=O)N(C)[C@@H]1c1cccs1. The molecule has 148 valence electrons. The molecule has 2 heterocycles. The Balaban J connectivity index is 1.80. The van der Waals surface area contributed by atoms with E-state index in [1.54, 1.807) is 36.2 Å². The number of hydrogen-bond donors (Lipinski definition) is 1. The first-order valence-electron chi connectivity index (χ1n) is 9.05. The van der Waals surface area contributed by atoms with Gasteiger partial charge in [-0.3, -0.25) is 9.59 Å². The number of amides is 2. The second-order valence-electron chi connectivity index (χ2n) is 6.78.